The highest BCUT2D eigenvalue weighted by molar-refractivity contribution is 6.36. The van der Waals surface area contributed by atoms with Crippen molar-refractivity contribution < 1.29 is 9.53 Å². The number of hydrogen-bond donors (Lipinski definition) is 1. The molecule has 0 unspecified atom stereocenters. The Balaban J connectivity index is 1.77. The number of ether oxygens (including phenoxy) is 1. The second kappa shape index (κ2) is 5.75. The van der Waals surface area contributed by atoms with E-state index in [0.29, 0.717) is 23.3 Å². The highest BCUT2D eigenvalue weighted by Gasteiger charge is 2.28. The molecule has 1 N–H and O–H groups in total. The van der Waals surface area contributed by atoms with Gasteiger partial charge in [-0.25, -0.2) is 0 Å². The van der Waals surface area contributed by atoms with Crippen LogP contribution in [0.3, 0.4) is 0 Å². The number of aromatic nitrogens is 1. The van der Waals surface area contributed by atoms with Gasteiger partial charge in [-0.1, -0.05) is 31.4 Å². The molecule has 1 aromatic heterocycles. The first-order valence-electron chi connectivity index (χ1n) is 8.46. The number of amides is 1. The van der Waals surface area contributed by atoms with Gasteiger partial charge in [0.05, 0.1) is 17.1 Å². The van der Waals surface area contributed by atoms with Crippen LogP contribution >= 0.6 is 11.6 Å². The van der Waals surface area contributed by atoms with Crippen LogP contribution in [0.1, 0.15) is 49.5 Å². The van der Waals surface area contributed by atoms with E-state index in [9.17, 15) is 4.79 Å². The number of benzene rings is 1. The molecule has 0 spiro atoms. The van der Waals surface area contributed by atoms with Crippen LogP contribution in [0.5, 0.6) is 5.75 Å². The first kappa shape index (κ1) is 14.9. The fourth-order valence-electron chi connectivity index (χ4n) is 3.75. The van der Waals surface area contributed by atoms with Gasteiger partial charge in [0.2, 0.25) is 0 Å². The summed E-state index contributed by atoms with van der Waals surface area (Å²) in [6.07, 6.45) is 5.57. The molecule has 1 aliphatic heterocycles. The van der Waals surface area contributed by atoms with Crippen molar-refractivity contribution in [3.8, 4) is 5.75 Å². The van der Waals surface area contributed by atoms with Crippen molar-refractivity contribution in [1.29, 1.82) is 0 Å². The maximum atomic E-state index is 12.8. The molecule has 0 saturated heterocycles. The molecule has 0 bridgehead atoms. The van der Waals surface area contributed by atoms with Crippen molar-refractivity contribution >= 4 is 28.4 Å². The Hall–Kier alpha value is -1.68. The molecule has 1 atom stereocenters. The van der Waals surface area contributed by atoms with Crippen molar-refractivity contribution in [3.63, 3.8) is 0 Å². The van der Waals surface area contributed by atoms with Gasteiger partial charge < -0.3 is 14.6 Å². The van der Waals surface area contributed by atoms with Crippen LogP contribution in [0.2, 0.25) is 5.02 Å². The summed E-state index contributed by atoms with van der Waals surface area (Å²) in [5.74, 6) is 0.828. The monoisotopic (exact) mass is 332 g/mol. The molecule has 1 aromatic carbocycles. The van der Waals surface area contributed by atoms with E-state index < -0.39 is 0 Å². The number of carbonyl (C=O) groups excluding carboxylic acids is 1. The van der Waals surface area contributed by atoms with E-state index in [-0.39, 0.29) is 12.0 Å². The Kier molecular flexibility index (Phi) is 3.72. The number of rotatable bonds is 3. The molecule has 0 radical (unpaired) electrons. The normalized spacial score (nSPS) is 20.7. The average Bonchev–Trinajstić information content (AvgIpc) is 3.19. The fourth-order valence-corrected chi connectivity index (χ4v) is 3.96. The molecule has 4 rings (SSSR count). The van der Waals surface area contributed by atoms with E-state index >= 15 is 0 Å². The molecule has 1 fully saturated rings. The lowest BCUT2D eigenvalue weighted by Gasteiger charge is -2.26. The first-order chi connectivity index (χ1) is 11.2. The SMILES string of the molecule is CC[C@H]1Cn2c(C(=O)NC3CCCC3)cc3c(Cl)ccc(c32)O1. The summed E-state index contributed by atoms with van der Waals surface area (Å²) in [4.78, 5) is 12.8. The van der Waals surface area contributed by atoms with Crippen molar-refractivity contribution in [2.45, 2.75) is 57.7 Å². The highest BCUT2D eigenvalue weighted by atomic mass is 35.5. The Morgan fingerprint density at radius 1 is 1.39 bits per heavy atom. The predicted octanol–water partition coefficient (Wildman–Crippen LogP) is 4.14. The summed E-state index contributed by atoms with van der Waals surface area (Å²) < 4.78 is 8.11. The average molecular weight is 333 g/mol. The summed E-state index contributed by atoms with van der Waals surface area (Å²) >= 11 is 6.34. The van der Waals surface area contributed by atoms with Crippen LogP contribution in [0.25, 0.3) is 10.9 Å². The van der Waals surface area contributed by atoms with Crippen LogP contribution in [-0.4, -0.2) is 22.6 Å². The van der Waals surface area contributed by atoms with Crippen molar-refractivity contribution in [2.24, 2.45) is 0 Å². The van der Waals surface area contributed by atoms with Crippen LogP contribution in [0, 0.1) is 0 Å². The highest BCUT2D eigenvalue weighted by Crippen LogP contribution is 2.38. The molecular weight excluding hydrogens is 312 g/mol. The molecule has 1 amide bonds. The van der Waals surface area contributed by atoms with Gasteiger partial charge in [0.15, 0.2) is 0 Å². The van der Waals surface area contributed by atoms with E-state index in [2.05, 4.69) is 16.8 Å². The lowest BCUT2D eigenvalue weighted by molar-refractivity contribution is 0.0922. The third-order valence-corrected chi connectivity index (χ3v) is 5.36. The molecule has 2 aromatic rings. The van der Waals surface area contributed by atoms with Crippen molar-refractivity contribution in [2.75, 3.05) is 0 Å². The minimum absolute atomic E-state index is 0.00636. The van der Waals surface area contributed by atoms with Gasteiger partial charge in [0.25, 0.3) is 5.91 Å². The molecule has 23 heavy (non-hydrogen) atoms. The van der Waals surface area contributed by atoms with Gasteiger partial charge in [-0.2, -0.15) is 0 Å². The zero-order valence-corrected chi connectivity index (χ0v) is 14.0. The van der Waals surface area contributed by atoms with E-state index in [4.69, 9.17) is 16.3 Å². The summed E-state index contributed by atoms with van der Waals surface area (Å²) in [6, 6.07) is 5.97. The smallest absolute Gasteiger partial charge is 0.268 e. The van der Waals surface area contributed by atoms with Gasteiger partial charge in [-0.15, -0.1) is 0 Å². The van der Waals surface area contributed by atoms with Crippen molar-refractivity contribution in [1.82, 2.24) is 9.88 Å². The predicted molar refractivity (Wildman–Crippen MR) is 91.4 cm³/mol. The summed E-state index contributed by atoms with van der Waals surface area (Å²) in [7, 11) is 0. The second-order valence-electron chi connectivity index (χ2n) is 6.55. The molecule has 4 nitrogen and oxygen atoms in total. The summed E-state index contributed by atoms with van der Waals surface area (Å²) in [5.41, 5.74) is 1.64. The lowest BCUT2D eigenvalue weighted by atomic mass is 10.2. The molecule has 122 valence electrons. The van der Waals surface area contributed by atoms with Crippen molar-refractivity contribution in [3.05, 3.63) is 28.9 Å². The standard InChI is InChI=1S/C18H21ClN2O2/c1-2-12-10-21-15(18(22)20-11-5-3-4-6-11)9-13-14(19)7-8-16(23-12)17(13)21/h7-9,11-12H,2-6,10H2,1H3,(H,20,22)/t12-/m0/s1. The number of halogens is 1. The topological polar surface area (TPSA) is 43.3 Å². The van der Waals surface area contributed by atoms with Crippen LogP contribution in [-0.2, 0) is 6.54 Å². The fraction of sp³-hybridized carbons (Fsp3) is 0.500. The number of carbonyl (C=O) groups is 1. The van der Waals surface area contributed by atoms with Gasteiger partial charge >= 0.3 is 0 Å². The number of nitrogens with one attached hydrogen (secondary N) is 1. The number of hydrogen-bond acceptors (Lipinski definition) is 2. The Labute approximate surface area is 140 Å². The molecule has 1 aliphatic carbocycles. The van der Waals surface area contributed by atoms with Gasteiger partial charge in [-0.05, 0) is 37.5 Å². The van der Waals surface area contributed by atoms with E-state index in [0.717, 1.165) is 35.9 Å². The van der Waals surface area contributed by atoms with Crippen LogP contribution < -0.4 is 10.1 Å². The maximum Gasteiger partial charge on any atom is 0.268 e. The molecule has 2 heterocycles. The third-order valence-electron chi connectivity index (χ3n) is 5.03. The van der Waals surface area contributed by atoms with E-state index in [1.54, 1.807) is 0 Å². The van der Waals surface area contributed by atoms with Gasteiger partial charge in [0, 0.05) is 11.4 Å². The first-order valence-corrected chi connectivity index (χ1v) is 8.84. The second-order valence-corrected chi connectivity index (χ2v) is 6.96. The maximum absolute atomic E-state index is 12.8. The van der Waals surface area contributed by atoms with Crippen LogP contribution in [0.4, 0.5) is 0 Å². The Morgan fingerprint density at radius 2 is 2.17 bits per heavy atom. The van der Waals surface area contributed by atoms with Gasteiger partial charge in [-0.3, -0.25) is 4.79 Å². The zero-order valence-electron chi connectivity index (χ0n) is 13.3. The quantitative estimate of drug-likeness (QED) is 0.918. The molecule has 1 saturated carbocycles. The lowest BCUT2D eigenvalue weighted by Crippen LogP contribution is -2.35. The minimum Gasteiger partial charge on any atom is -0.486 e. The van der Waals surface area contributed by atoms with E-state index in [1.807, 2.05) is 18.2 Å². The van der Waals surface area contributed by atoms with E-state index in [1.165, 1.54) is 12.8 Å². The number of nitrogens with zero attached hydrogens (tertiary/aromatic N) is 1. The molecular formula is C18H21ClN2O2. The summed E-state index contributed by atoms with van der Waals surface area (Å²) in [6.45, 7) is 2.80. The summed E-state index contributed by atoms with van der Waals surface area (Å²) in [5, 5.41) is 4.74. The molecule has 2 aliphatic rings. The zero-order chi connectivity index (χ0) is 16.0. The largest absolute Gasteiger partial charge is 0.486 e. The Morgan fingerprint density at radius 3 is 2.91 bits per heavy atom. The minimum atomic E-state index is 0.00636. The third kappa shape index (κ3) is 2.49. The van der Waals surface area contributed by atoms with Crippen LogP contribution in [0.15, 0.2) is 18.2 Å². The van der Waals surface area contributed by atoms with Gasteiger partial charge in [0.1, 0.15) is 17.5 Å². The Bertz CT molecular complexity index is 762. The molecule has 5 heteroatoms.